The third-order valence-electron chi connectivity index (χ3n) is 3.51. The van der Waals surface area contributed by atoms with Crippen molar-refractivity contribution in [2.45, 2.75) is 26.4 Å². The smallest absolute Gasteiger partial charge is 0.267 e. The first kappa shape index (κ1) is 16.3. The molecule has 0 fully saturated rings. The maximum Gasteiger partial charge on any atom is 0.267 e. The van der Waals surface area contributed by atoms with E-state index in [1.807, 2.05) is 25.1 Å². The van der Waals surface area contributed by atoms with Gasteiger partial charge in [-0.3, -0.25) is 9.59 Å². The number of hydrogen-bond donors (Lipinski definition) is 1. The highest BCUT2D eigenvalue weighted by Gasteiger charge is 2.31. The number of hydrogen-bond acceptors (Lipinski definition) is 4. The van der Waals surface area contributed by atoms with E-state index in [1.165, 1.54) is 0 Å². The fraction of sp³-hybridized carbons (Fsp3) is 0.500. The van der Waals surface area contributed by atoms with Crippen molar-refractivity contribution >= 4 is 17.5 Å². The number of carbonyl (C=O) groups excluding carboxylic acids is 2. The maximum absolute atomic E-state index is 12.3. The van der Waals surface area contributed by atoms with Crippen LogP contribution in [0.5, 0.6) is 5.75 Å². The summed E-state index contributed by atoms with van der Waals surface area (Å²) in [4.78, 5) is 25.7. The summed E-state index contributed by atoms with van der Waals surface area (Å²) >= 11 is 0. The minimum Gasteiger partial charge on any atom is -0.479 e. The largest absolute Gasteiger partial charge is 0.479 e. The van der Waals surface area contributed by atoms with Crippen LogP contribution in [0.15, 0.2) is 18.2 Å². The Balaban J connectivity index is 2.04. The van der Waals surface area contributed by atoms with Crippen LogP contribution in [0.4, 0.5) is 5.69 Å². The average molecular weight is 306 g/mol. The fourth-order valence-electron chi connectivity index (χ4n) is 2.34. The molecule has 0 saturated heterocycles. The SMILES string of the molecule is COCCNC(=O)CCN1C(=O)C(C)Oc2ccc(C)cc21. The van der Waals surface area contributed by atoms with Crippen LogP contribution in [0.3, 0.4) is 0 Å². The molecule has 2 rings (SSSR count). The molecule has 1 aromatic rings. The number of carbonyl (C=O) groups is 2. The number of rotatable bonds is 6. The van der Waals surface area contributed by atoms with Crippen molar-refractivity contribution in [3.63, 3.8) is 0 Å². The zero-order chi connectivity index (χ0) is 16.1. The third-order valence-corrected chi connectivity index (χ3v) is 3.51. The molecule has 6 heteroatoms. The van der Waals surface area contributed by atoms with Crippen molar-refractivity contribution in [2.24, 2.45) is 0 Å². The topological polar surface area (TPSA) is 67.9 Å². The highest BCUT2D eigenvalue weighted by Crippen LogP contribution is 2.34. The summed E-state index contributed by atoms with van der Waals surface area (Å²) in [5, 5.41) is 2.75. The monoisotopic (exact) mass is 306 g/mol. The zero-order valence-electron chi connectivity index (χ0n) is 13.2. The first-order valence-corrected chi connectivity index (χ1v) is 7.37. The van der Waals surface area contributed by atoms with Gasteiger partial charge in [-0.25, -0.2) is 0 Å². The molecule has 1 atom stereocenters. The fourth-order valence-corrected chi connectivity index (χ4v) is 2.34. The molecule has 1 heterocycles. The van der Waals surface area contributed by atoms with Crippen molar-refractivity contribution < 1.29 is 19.1 Å². The minimum atomic E-state index is -0.535. The quantitative estimate of drug-likeness (QED) is 0.804. The van der Waals surface area contributed by atoms with Gasteiger partial charge in [0, 0.05) is 26.6 Å². The zero-order valence-corrected chi connectivity index (χ0v) is 13.2. The lowest BCUT2D eigenvalue weighted by atomic mass is 10.1. The molecule has 1 unspecified atom stereocenters. The summed E-state index contributed by atoms with van der Waals surface area (Å²) in [6.07, 6.45) is -0.290. The van der Waals surface area contributed by atoms with Crippen LogP contribution < -0.4 is 15.0 Å². The van der Waals surface area contributed by atoms with Gasteiger partial charge in [0.15, 0.2) is 6.10 Å². The van der Waals surface area contributed by atoms with Crippen LogP contribution in [-0.2, 0) is 14.3 Å². The molecule has 1 aliphatic heterocycles. The first-order chi connectivity index (χ1) is 10.5. The molecular formula is C16H22N2O4. The summed E-state index contributed by atoms with van der Waals surface area (Å²) in [5.74, 6) is 0.457. The minimum absolute atomic E-state index is 0.0989. The molecule has 1 aromatic carbocycles. The third kappa shape index (κ3) is 3.76. The summed E-state index contributed by atoms with van der Waals surface area (Å²) in [5.41, 5.74) is 1.77. The predicted octanol–water partition coefficient (Wildman–Crippen LogP) is 1.26. The van der Waals surface area contributed by atoms with E-state index in [-0.39, 0.29) is 18.2 Å². The summed E-state index contributed by atoms with van der Waals surface area (Å²) in [7, 11) is 1.58. The van der Waals surface area contributed by atoms with Gasteiger partial charge >= 0.3 is 0 Å². The van der Waals surface area contributed by atoms with Gasteiger partial charge in [0.2, 0.25) is 5.91 Å². The first-order valence-electron chi connectivity index (χ1n) is 7.37. The number of aryl methyl sites for hydroxylation is 1. The molecule has 0 aromatic heterocycles. The highest BCUT2D eigenvalue weighted by atomic mass is 16.5. The summed E-state index contributed by atoms with van der Waals surface area (Å²) in [6, 6.07) is 5.71. The number of fused-ring (bicyclic) bond motifs is 1. The molecule has 22 heavy (non-hydrogen) atoms. The van der Waals surface area contributed by atoms with E-state index < -0.39 is 6.10 Å². The van der Waals surface area contributed by atoms with E-state index in [0.29, 0.717) is 25.4 Å². The molecular weight excluding hydrogens is 284 g/mol. The van der Waals surface area contributed by atoms with Gasteiger partial charge in [-0.05, 0) is 31.5 Å². The Morgan fingerprint density at radius 3 is 2.95 bits per heavy atom. The Kier molecular flexibility index (Phi) is 5.38. The van der Waals surface area contributed by atoms with Gasteiger partial charge in [0.05, 0.1) is 12.3 Å². The Morgan fingerprint density at radius 2 is 2.23 bits per heavy atom. The molecule has 120 valence electrons. The molecule has 0 aliphatic carbocycles. The second-order valence-electron chi connectivity index (χ2n) is 5.31. The van der Waals surface area contributed by atoms with Crippen molar-refractivity contribution in [2.75, 3.05) is 31.7 Å². The second kappa shape index (κ2) is 7.26. The Morgan fingerprint density at radius 1 is 1.45 bits per heavy atom. The van der Waals surface area contributed by atoms with Crippen molar-refractivity contribution in [1.29, 1.82) is 0 Å². The van der Waals surface area contributed by atoms with Gasteiger partial charge in [-0.1, -0.05) is 6.07 Å². The number of anilines is 1. The summed E-state index contributed by atoms with van der Waals surface area (Å²) in [6.45, 7) is 4.96. The number of ether oxygens (including phenoxy) is 2. The molecule has 0 saturated carbocycles. The normalized spacial score (nSPS) is 17.0. The lowest BCUT2D eigenvalue weighted by Gasteiger charge is -2.33. The number of methoxy groups -OCH3 is 1. The van der Waals surface area contributed by atoms with Crippen LogP contribution in [-0.4, -0.2) is 44.7 Å². The van der Waals surface area contributed by atoms with Gasteiger partial charge in [0.25, 0.3) is 5.91 Å². The Hall–Kier alpha value is -2.08. The predicted molar refractivity (Wildman–Crippen MR) is 83.1 cm³/mol. The standard InChI is InChI=1S/C16H22N2O4/c1-11-4-5-14-13(10-11)18(16(20)12(2)22-14)8-6-15(19)17-7-9-21-3/h4-5,10,12H,6-9H2,1-3H3,(H,17,19). The van der Waals surface area contributed by atoms with Crippen LogP contribution >= 0.6 is 0 Å². The Bertz CT molecular complexity index is 559. The van der Waals surface area contributed by atoms with E-state index in [4.69, 9.17) is 9.47 Å². The van der Waals surface area contributed by atoms with Crippen LogP contribution in [0.2, 0.25) is 0 Å². The van der Waals surface area contributed by atoms with Crippen LogP contribution in [0.1, 0.15) is 18.9 Å². The Labute approximate surface area is 130 Å². The molecule has 1 N–H and O–H groups in total. The summed E-state index contributed by atoms with van der Waals surface area (Å²) < 4.78 is 10.5. The van der Waals surface area contributed by atoms with Gasteiger partial charge in [-0.2, -0.15) is 0 Å². The number of nitrogens with one attached hydrogen (secondary N) is 1. The van der Waals surface area contributed by atoms with E-state index >= 15 is 0 Å². The lowest BCUT2D eigenvalue weighted by Crippen LogP contribution is -2.46. The second-order valence-corrected chi connectivity index (χ2v) is 5.31. The highest BCUT2D eigenvalue weighted by molar-refractivity contribution is 6.00. The van der Waals surface area contributed by atoms with E-state index in [9.17, 15) is 9.59 Å². The van der Waals surface area contributed by atoms with E-state index in [2.05, 4.69) is 5.32 Å². The molecule has 0 spiro atoms. The van der Waals surface area contributed by atoms with Gasteiger partial charge in [-0.15, -0.1) is 0 Å². The van der Waals surface area contributed by atoms with Gasteiger partial charge < -0.3 is 19.7 Å². The van der Waals surface area contributed by atoms with Crippen LogP contribution in [0, 0.1) is 6.92 Å². The number of amides is 2. The average Bonchev–Trinajstić information content (AvgIpc) is 2.49. The van der Waals surface area contributed by atoms with Gasteiger partial charge in [0.1, 0.15) is 5.75 Å². The van der Waals surface area contributed by atoms with E-state index in [1.54, 1.807) is 18.9 Å². The van der Waals surface area contributed by atoms with Crippen LogP contribution in [0.25, 0.3) is 0 Å². The van der Waals surface area contributed by atoms with Crippen molar-refractivity contribution in [3.8, 4) is 5.75 Å². The molecule has 0 bridgehead atoms. The van der Waals surface area contributed by atoms with Crippen molar-refractivity contribution in [3.05, 3.63) is 23.8 Å². The molecule has 0 radical (unpaired) electrons. The van der Waals surface area contributed by atoms with E-state index in [0.717, 1.165) is 11.3 Å². The number of nitrogens with zero attached hydrogens (tertiary/aromatic N) is 1. The van der Waals surface area contributed by atoms with Crippen molar-refractivity contribution in [1.82, 2.24) is 5.32 Å². The molecule has 1 aliphatic rings. The molecule has 6 nitrogen and oxygen atoms in total. The molecule has 2 amide bonds. The number of benzene rings is 1. The lowest BCUT2D eigenvalue weighted by molar-refractivity contribution is -0.125. The maximum atomic E-state index is 12.3.